The zero-order valence-electron chi connectivity index (χ0n) is 13.2. The Bertz CT molecular complexity index is 472. The molecule has 0 aliphatic rings. The molecule has 0 atom stereocenters. The highest BCUT2D eigenvalue weighted by Crippen LogP contribution is 2.28. The van der Waals surface area contributed by atoms with Crippen LogP contribution in [0.4, 0.5) is 0 Å². The Hall–Kier alpha value is -1.96. The number of rotatable bonds is 10. The van der Waals surface area contributed by atoms with Crippen molar-refractivity contribution in [1.82, 2.24) is 0 Å². The second-order valence-corrected chi connectivity index (χ2v) is 4.72. The van der Waals surface area contributed by atoms with Crippen LogP contribution < -0.4 is 9.47 Å². The number of hydrogen-bond donors (Lipinski definition) is 0. The highest BCUT2D eigenvalue weighted by molar-refractivity contribution is 5.43. The molecule has 0 radical (unpaired) electrons. The topological polar surface area (TPSA) is 18.5 Å². The molecule has 0 heterocycles. The highest BCUT2D eigenvalue weighted by Gasteiger charge is 2.04. The van der Waals surface area contributed by atoms with Crippen molar-refractivity contribution >= 4 is 0 Å². The van der Waals surface area contributed by atoms with Crippen molar-refractivity contribution < 1.29 is 9.47 Å². The van der Waals surface area contributed by atoms with Gasteiger partial charge in [-0.3, -0.25) is 0 Å². The van der Waals surface area contributed by atoms with E-state index in [0.29, 0.717) is 6.61 Å². The number of ether oxygens (including phenoxy) is 2. The van der Waals surface area contributed by atoms with Gasteiger partial charge in [0.25, 0.3) is 0 Å². The van der Waals surface area contributed by atoms with Gasteiger partial charge in [0.1, 0.15) is 6.61 Å². The van der Waals surface area contributed by atoms with E-state index in [9.17, 15) is 0 Å². The second kappa shape index (κ2) is 10.8. The zero-order chi connectivity index (χ0) is 15.3. The summed E-state index contributed by atoms with van der Waals surface area (Å²) in [6.07, 6.45) is 14.6. The van der Waals surface area contributed by atoms with E-state index in [-0.39, 0.29) is 0 Å². The van der Waals surface area contributed by atoms with Crippen molar-refractivity contribution in [3.8, 4) is 11.5 Å². The van der Waals surface area contributed by atoms with Crippen LogP contribution in [0.5, 0.6) is 11.5 Å². The minimum absolute atomic E-state index is 0.564. The molecule has 0 bridgehead atoms. The lowest BCUT2D eigenvalue weighted by molar-refractivity contribution is 0.326. The first-order chi connectivity index (χ1) is 10.3. The maximum Gasteiger partial charge on any atom is 0.161 e. The molecule has 1 rings (SSSR count). The monoisotopic (exact) mass is 286 g/mol. The van der Waals surface area contributed by atoms with E-state index < -0.39 is 0 Å². The number of allylic oxidation sites excluding steroid dienone is 4. The summed E-state index contributed by atoms with van der Waals surface area (Å²) in [7, 11) is 1.66. The second-order valence-electron chi connectivity index (χ2n) is 4.72. The van der Waals surface area contributed by atoms with Crippen LogP contribution in [0.3, 0.4) is 0 Å². The van der Waals surface area contributed by atoms with Gasteiger partial charge in [0.2, 0.25) is 0 Å². The van der Waals surface area contributed by atoms with Crippen LogP contribution in [-0.2, 0) is 6.42 Å². The van der Waals surface area contributed by atoms with E-state index in [4.69, 9.17) is 9.47 Å². The molecule has 114 valence electrons. The Labute approximate surface area is 128 Å². The third-order valence-electron chi connectivity index (χ3n) is 3.01. The van der Waals surface area contributed by atoms with E-state index in [2.05, 4.69) is 37.8 Å². The predicted octanol–water partition coefficient (Wildman–Crippen LogP) is 5.11. The molecule has 0 aliphatic heterocycles. The number of methoxy groups -OCH3 is 1. The fraction of sp³-hybridized carbons (Fsp3) is 0.368. The summed E-state index contributed by atoms with van der Waals surface area (Å²) in [4.78, 5) is 0. The maximum absolute atomic E-state index is 5.73. The summed E-state index contributed by atoms with van der Waals surface area (Å²) in [5.74, 6) is 1.55. The largest absolute Gasteiger partial charge is 0.493 e. The van der Waals surface area contributed by atoms with Crippen LogP contribution in [0, 0.1) is 0 Å². The lowest BCUT2D eigenvalue weighted by Crippen LogP contribution is -1.97. The van der Waals surface area contributed by atoms with Gasteiger partial charge in [-0.15, -0.1) is 6.58 Å². The number of hydrogen-bond acceptors (Lipinski definition) is 2. The molecular formula is C19H26O2. The smallest absolute Gasteiger partial charge is 0.161 e. The molecule has 1 aromatic rings. The van der Waals surface area contributed by atoms with Gasteiger partial charge in [-0.25, -0.2) is 0 Å². The number of benzene rings is 1. The Kier molecular flexibility index (Phi) is 8.78. The van der Waals surface area contributed by atoms with E-state index in [1.165, 1.54) is 5.56 Å². The van der Waals surface area contributed by atoms with Gasteiger partial charge in [0.05, 0.1) is 7.11 Å². The van der Waals surface area contributed by atoms with Crippen LogP contribution in [0.1, 0.15) is 31.7 Å². The van der Waals surface area contributed by atoms with Crippen molar-refractivity contribution in [2.75, 3.05) is 13.7 Å². The van der Waals surface area contributed by atoms with Gasteiger partial charge >= 0.3 is 0 Å². The third kappa shape index (κ3) is 6.84. The summed E-state index contributed by atoms with van der Waals surface area (Å²) < 4.78 is 11.1. The fourth-order valence-electron chi connectivity index (χ4n) is 1.93. The van der Waals surface area contributed by atoms with Gasteiger partial charge in [0, 0.05) is 0 Å². The lowest BCUT2D eigenvalue weighted by atomic mass is 10.1. The molecule has 0 spiro atoms. The summed E-state index contributed by atoms with van der Waals surface area (Å²) in [5, 5.41) is 0. The first-order valence-electron chi connectivity index (χ1n) is 7.52. The predicted molar refractivity (Wildman–Crippen MR) is 90.2 cm³/mol. The summed E-state index contributed by atoms with van der Waals surface area (Å²) in [5.41, 5.74) is 1.17. The Balaban J connectivity index is 2.42. The first-order valence-corrected chi connectivity index (χ1v) is 7.52. The molecule has 0 unspecified atom stereocenters. The quantitative estimate of drug-likeness (QED) is 0.440. The molecular weight excluding hydrogens is 260 g/mol. The lowest BCUT2D eigenvalue weighted by Gasteiger charge is -2.10. The van der Waals surface area contributed by atoms with Gasteiger partial charge < -0.3 is 9.47 Å². The molecule has 0 N–H and O–H groups in total. The molecule has 2 nitrogen and oxygen atoms in total. The molecule has 0 amide bonds. The van der Waals surface area contributed by atoms with Crippen molar-refractivity contribution in [1.29, 1.82) is 0 Å². The fourth-order valence-corrected chi connectivity index (χ4v) is 1.93. The van der Waals surface area contributed by atoms with E-state index >= 15 is 0 Å². The number of unbranched alkanes of at least 4 members (excludes halogenated alkanes) is 1. The average molecular weight is 286 g/mol. The SMILES string of the molecule is C=CCc1ccc(OC/C=C/CC/C=C\CC)c(OC)c1. The Morgan fingerprint density at radius 1 is 1.05 bits per heavy atom. The van der Waals surface area contributed by atoms with E-state index in [1.54, 1.807) is 7.11 Å². The highest BCUT2D eigenvalue weighted by atomic mass is 16.5. The molecule has 0 aliphatic carbocycles. The average Bonchev–Trinajstić information content (AvgIpc) is 2.51. The Morgan fingerprint density at radius 2 is 1.81 bits per heavy atom. The van der Waals surface area contributed by atoms with E-state index in [1.807, 2.05) is 24.3 Å². The van der Waals surface area contributed by atoms with Crippen molar-refractivity contribution in [3.05, 3.63) is 60.7 Å². The molecule has 0 saturated heterocycles. The molecule has 1 aromatic carbocycles. The van der Waals surface area contributed by atoms with Gasteiger partial charge in [-0.2, -0.15) is 0 Å². The van der Waals surface area contributed by atoms with Gasteiger partial charge in [-0.05, 0) is 43.4 Å². The van der Waals surface area contributed by atoms with Gasteiger partial charge in [-0.1, -0.05) is 43.4 Å². The van der Waals surface area contributed by atoms with Crippen LogP contribution in [-0.4, -0.2) is 13.7 Å². The third-order valence-corrected chi connectivity index (χ3v) is 3.01. The summed E-state index contributed by atoms with van der Waals surface area (Å²) in [6.45, 7) is 6.46. The van der Waals surface area contributed by atoms with Crippen molar-refractivity contribution in [3.63, 3.8) is 0 Å². The molecule has 0 saturated carbocycles. The van der Waals surface area contributed by atoms with Crippen LogP contribution in [0.2, 0.25) is 0 Å². The summed E-state index contributed by atoms with van der Waals surface area (Å²) in [6, 6.07) is 5.99. The van der Waals surface area contributed by atoms with Gasteiger partial charge in [0.15, 0.2) is 11.5 Å². The van der Waals surface area contributed by atoms with Crippen LogP contribution in [0.15, 0.2) is 55.2 Å². The first kappa shape index (κ1) is 17.1. The normalized spacial score (nSPS) is 11.1. The minimum Gasteiger partial charge on any atom is -0.493 e. The Morgan fingerprint density at radius 3 is 2.48 bits per heavy atom. The molecule has 0 aromatic heterocycles. The zero-order valence-corrected chi connectivity index (χ0v) is 13.2. The standard InChI is InChI=1S/C19H26O2/c1-4-6-7-8-9-10-11-15-21-18-14-13-17(12-5-2)16-19(18)20-3/h5-7,10-11,13-14,16H,2,4,8-9,12,15H2,1,3H3/b7-6-,11-10+. The maximum atomic E-state index is 5.73. The van der Waals surface area contributed by atoms with Crippen molar-refractivity contribution in [2.24, 2.45) is 0 Å². The molecule has 0 fully saturated rings. The molecule has 21 heavy (non-hydrogen) atoms. The minimum atomic E-state index is 0.564. The molecule has 2 heteroatoms. The summed E-state index contributed by atoms with van der Waals surface area (Å²) >= 11 is 0. The van der Waals surface area contributed by atoms with Crippen LogP contribution in [0.25, 0.3) is 0 Å². The van der Waals surface area contributed by atoms with Crippen LogP contribution >= 0.6 is 0 Å². The van der Waals surface area contributed by atoms with Crippen molar-refractivity contribution in [2.45, 2.75) is 32.6 Å². The van der Waals surface area contributed by atoms with E-state index in [0.717, 1.165) is 37.2 Å².